The maximum atomic E-state index is 13.2. The van der Waals surface area contributed by atoms with Gasteiger partial charge in [0.1, 0.15) is 23.0 Å². The SMILES string of the molecule is COc1ccccc1S(=O)(=O)Nc1ccc2c(c1)OC[C@H](C)NC[C@H](C)[C@H](OC)CN(C)C2=O. The zero-order valence-corrected chi connectivity index (χ0v) is 21.0. The summed E-state index contributed by atoms with van der Waals surface area (Å²) in [5.41, 5.74) is 0.620. The Morgan fingerprint density at radius 1 is 1.15 bits per heavy atom. The second-order valence-electron chi connectivity index (χ2n) is 8.52. The maximum Gasteiger partial charge on any atom is 0.265 e. The molecule has 0 bridgehead atoms. The monoisotopic (exact) mass is 491 g/mol. The van der Waals surface area contributed by atoms with Gasteiger partial charge in [0.15, 0.2) is 0 Å². The molecule has 0 fully saturated rings. The predicted molar refractivity (Wildman–Crippen MR) is 130 cm³/mol. The number of carbonyl (C=O) groups excluding carboxylic acids is 1. The second kappa shape index (κ2) is 11.1. The minimum absolute atomic E-state index is 0.00833. The third-order valence-electron chi connectivity index (χ3n) is 5.84. The highest BCUT2D eigenvalue weighted by Crippen LogP contribution is 2.29. The molecule has 1 heterocycles. The highest BCUT2D eigenvalue weighted by atomic mass is 32.2. The van der Waals surface area contributed by atoms with E-state index in [0.29, 0.717) is 31.0 Å². The molecule has 1 amide bonds. The number of amides is 1. The Morgan fingerprint density at radius 2 is 1.88 bits per heavy atom. The summed E-state index contributed by atoms with van der Waals surface area (Å²) >= 11 is 0. The molecule has 2 N–H and O–H groups in total. The standard InChI is InChI=1S/C24H33N3O6S/c1-16-13-25-17(2)15-33-21-12-18(10-11-19(21)24(28)27(3)14-22(16)32-5)26-34(29,30)23-9-7-6-8-20(23)31-4/h6-12,16-17,22,25-26H,13-15H2,1-5H3/t16-,17-,22+/m0/s1. The summed E-state index contributed by atoms with van der Waals surface area (Å²) in [6.07, 6.45) is -0.135. The van der Waals surface area contributed by atoms with Crippen LogP contribution in [0.1, 0.15) is 24.2 Å². The number of para-hydroxylation sites is 1. The average Bonchev–Trinajstić information content (AvgIpc) is 2.83. The Balaban J connectivity index is 1.94. The number of fused-ring (bicyclic) bond motifs is 1. The first-order chi connectivity index (χ1) is 16.2. The molecule has 10 heteroatoms. The molecule has 2 aromatic rings. The van der Waals surface area contributed by atoms with E-state index in [0.717, 1.165) is 0 Å². The third-order valence-corrected chi connectivity index (χ3v) is 7.26. The average molecular weight is 492 g/mol. The fourth-order valence-electron chi connectivity index (χ4n) is 3.77. The number of nitrogens with zero attached hydrogens (tertiary/aromatic N) is 1. The number of likely N-dealkylation sites (N-methyl/N-ethyl adjacent to an activating group) is 1. The molecule has 1 aliphatic heterocycles. The minimum Gasteiger partial charge on any atom is -0.495 e. The summed E-state index contributed by atoms with van der Waals surface area (Å²) in [5, 5.41) is 3.42. The third kappa shape index (κ3) is 5.99. The van der Waals surface area contributed by atoms with Crippen LogP contribution in [0.4, 0.5) is 5.69 Å². The Bertz CT molecular complexity index is 1110. The van der Waals surface area contributed by atoms with Crippen LogP contribution in [0.5, 0.6) is 11.5 Å². The molecule has 2 aromatic carbocycles. The van der Waals surface area contributed by atoms with Crippen molar-refractivity contribution in [2.24, 2.45) is 5.92 Å². The van der Waals surface area contributed by atoms with Crippen molar-refractivity contribution in [1.29, 1.82) is 0 Å². The summed E-state index contributed by atoms with van der Waals surface area (Å²) in [7, 11) is 0.842. The van der Waals surface area contributed by atoms with Crippen LogP contribution in [-0.4, -0.2) is 72.3 Å². The lowest BCUT2D eigenvalue weighted by Crippen LogP contribution is -2.44. The number of hydrogen-bond acceptors (Lipinski definition) is 7. The Labute approximate surface area is 201 Å². The minimum atomic E-state index is -3.93. The van der Waals surface area contributed by atoms with Gasteiger partial charge in [-0.3, -0.25) is 9.52 Å². The Kier molecular flexibility index (Phi) is 8.40. The molecule has 34 heavy (non-hydrogen) atoms. The number of ether oxygens (including phenoxy) is 3. The van der Waals surface area contributed by atoms with Gasteiger partial charge in [-0.15, -0.1) is 0 Å². The molecule has 0 aromatic heterocycles. The van der Waals surface area contributed by atoms with E-state index >= 15 is 0 Å². The molecule has 9 nitrogen and oxygen atoms in total. The zero-order valence-electron chi connectivity index (χ0n) is 20.2. The van der Waals surface area contributed by atoms with E-state index in [9.17, 15) is 13.2 Å². The number of sulfonamides is 1. The van der Waals surface area contributed by atoms with Crippen LogP contribution in [0.2, 0.25) is 0 Å². The van der Waals surface area contributed by atoms with Crippen molar-refractivity contribution < 1.29 is 27.4 Å². The van der Waals surface area contributed by atoms with Crippen LogP contribution in [0.3, 0.4) is 0 Å². The first-order valence-corrected chi connectivity index (χ1v) is 12.6. The van der Waals surface area contributed by atoms with Crippen LogP contribution in [0.15, 0.2) is 47.4 Å². The van der Waals surface area contributed by atoms with Crippen molar-refractivity contribution in [2.75, 3.05) is 45.7 Å². The summed E-state index contributed by atoms with van der Waals surface area (Å²) in [4.78, 5) is 14.8. The zero-order chi connectivity index (χ0) is 24.9. The first kappa shape index (κ1) is 25.8. The molecular weight excluding hydrogens is 458 g/mol. The molecule has 0 saturated carbocycles. The molecule has 0 aliphatic carbocycles. The van der Waals surface area contributed by atoms with Crippen molar-refractivity contribution in [3.63, 3.8) is 0 Å². The fraction of sp³-hybridized carbons (Fsp3) is 0.458. The van der Waals surface area contributed by atoms with Crippen molar-refractivity contribution in [3.05, 3.63) is 48.0 Å². The van der Waals surface area contributed by atoms with Gasteiger partial charge in [-0.05, 0) is 37.1 Å². The number of carbonyl (C=O) groups is 1. The molecule has 0 radical (unpaired) electrons. The summed E-state index contributed by atoms with van der Waals surface area (Å²) in [6.45, 7) is 5.48. The van der Waals surface area contributed by atoms with Gasteiger partial charge >= 0.3 is 0 Å². The summed E-state index contributed by atoms with van der Waals surface area (Å²) < 4.78 is 45.4. The van der Waals surface area contributed by atoms with E-state index in [-0.39, 0.29) is 40.3 Å². The second-order valence-corrected chi connectivity index (χ2v) is 10.2. The van der Waals surface area contributed by atoms with Crippen molar-refractivity contribution >= 4 is 21.6 Å². The van der Waals surface area contributed by atoms with Gasteiger partial charge in [0.25, 0.3) is 15.9 Å². The van der Waals surface area contributed by atoms with Gasteiger partial charge in [0, 0.05) is 39.4 Å². The predicted octanol–water partition coefficient (Wildman–Crippen LogP) is 2.59. The smallest absolute Gasteiger partial charge is 0.265 e. The molecule has 3 rings (SSSR count). The largest absolute Gasteiger partial charge is 0.495 e. The van der Waals surface area contributed by atoms with Gasteiger partial charge in [0.2, 0.25) is 0 Å². The number of benzene rings is 2. The van der Waals surface area contributed by atoms with Gasteiger partial charge in [0.05, 0.1) is 24.5 Å². The number of rotatable bonds is 5. The molecule has 186 valence electrons. The van der Waals surface area contributed by atoms with Crippen molar-refractivity contribution in [2.45, 2.75) is 30.9 Å². The maximum absolute atomic E-state index is 13.2. The van der Waals surface area contributed by atoms with Crippen molar-refractivity contribution in [3.8, 4) is 11.5 Å². The molecule has 0 saturated heterocycles. The van der Waals surface area contributed by atoms with Gasteiger partial charge in [-0.1, -0.05) is 19.1 Å². The van der Waals surface area contributed by atoms with E-state index in [2.05, 4.69) is 17.0 Å². The molecule has 0 unspecified atom stereocenters. The van der Waals surface area contributed by atoms with Crippen LogP contribution in [0, 0.1) is 5.92 Å². The lowest BCUT2D eigenvalue weighted by atomic mass is 10.0. The highest BCUT2D eigenvalue weighted by Gasteiger charge is 2.26. The normalized spacial score (nSPS) is 22.1. The number of nitrogens with one attached hydrogen (secondary N) is 2. The van der Waals surface area contributed by atoms with Gasteiger partial charge < -0.3 is 24.4 Å². The number of hydrogen-bond donors (Lipinski definition) is 2. The van der Waals surface area contributed by atoms with E-state index in [1.807, 2.05) is 6.92 Å². The van der Waals surface area contributed by atoms with Crippen LogP contribution < -0.4 is 19.5 Å². The topological polar surface area (TPSA) is 106 Å². The molecule has 0 spiro atoms. The van der Waals surface area contributed by atoms with E-state index in [1.165, 1.54) is 19.2 Å². The van der Waals surface area contributed by atoms with E-state index < -0.39 is 10.0 Å². The van der Waals surface area contributed by atoms with Gasteiger partial charge in [-0.2, -0.15) is 0 Å². The van der Waals surface area contributed by atoms with Crippen LogP contribution in [0.25, 0.3) is 0 Å². The lowest BCUT2D eigenvalue weighted by molar-refractivity contribution is 0.0281. The Hall–Kier alpha value is -2.82. The lowest BCUT2D eigenvalue weighted by Gasteiger charge is -2.30. The highest BCUT2D eigenvalue weighted by molar-refractivity contribution is 7.92. The quantitative estimate of drug-likeness (QED) is 0.662. The van der Waals surface area contributed by atoms with Crippen molar-refractivity contribution in [1.82, 2.24) is 10.2 Å². The summed E-state index contributed by atoms with van der Waals surface area (Å²) in [5.74, 6) is 0.488. The number of anilines is 1. The van der Waals surface area contributed by atoms with Crippen LogP contribution in [-0.2, 0) is 14.8 Å². The first-order valence-electron chi connectivity index (χ1n) is 11.1. The molecule has 3 atom stereocenters. The Morgan fingerprint density at radius 3 is 2.59 bits per heavy atom. The van der Waals surface area contributed by atoms with E-state index in [4.69, 9.17) is 14.2 Å². The molecular formula is C24H33N3O6S. The summed E-state index contributed by atoms with van der Waals surface area (Å²) in [6, 6.07) is 11.0. The van der Waals surface area contributed by atoms with Crippen LogP contribution >= 0.6 is 0 Å². The van der Waals surface area contributed by atoms with E-state index in [1.54, 1.807) is 49.4 Å². The number of methoxy groups -OCH3 is 2. The van der Waals surface area contributed by atoms with Gasteiger partial charge in [-0.25, -0.2) is 8.42 Å². The molecule has 1 aliphatic rings. The fourth-order valence-corrected chi connectivity index (χ4v) is 4.99.